The van der Waals surface area contributed by atoms with Gasteiger partial charge in [-0.3, -0.25) is 4.79 Å². The van der Waals surface area contributed by atoms with Crippen LogP contribution in [0, 0.1) is 0 Å². The van der Waals surface area contributed by atoms with Crippen LogP contribution in [0.25, 0.3) is 0 Å². The van der Waals surface area contributed by atoms with Crippen LogP contribution in [0.4, 0.5) is 11.5 Å². The predicted octanol–water partition coefficient (Wildman–Crippen LogP) is 4.40. The first-order chi connectivity index (χ1) is 12.1. The third-order valence-corrected chi connectivity index (χ3v) is 4.69. The Bertz CT molecular complexity index is 749. The number of anilines is 2. The van der Waals surface area contributed by atoms with E-state index in [0.29, 0.717) is 15.8 Å². The predicted molar refractivity (Wildman–Crippen MR) is 101 cm³/mol. The molecule has 1 fully saturated rings. The van der Waals surface area contributed by atoms with Crippen molar-refractivity contribution in [1.29, 1.82) is 0 Å². The van der Waals surface area contributed by atoms with Gasteiger partial charge in [-0.15, -0.1) is 0 Å². The van der Waals surface area contributed by atoms with Crippen molar-refractivity contribution in [2.24, 2.45) is 0 Å². The highest BCUT2D eigenvalue weighted by molar-refractivity contribution is 6.42. The maximum absolute atomic E-state index is 12.2. The van der Waals surface area contributed by atoms with Gasteiger partial charge < -0.3 is 15.0 Å². The molecule has 0 spiro atoms. The van der Waals surface area contributed by atoms with Crippen molar-refractivity contribution in [3.63, 3.8) is 0 Å². The third kappa shape index (κ3) is 4.77. The van der Waals surface area contributed by atoms with Crippen molar-refractivity contribution in [2.45, 2.75) is 19.3 Å². The summed E-state index contributed by atoms with van der Waals surface area (Å²) in [6.45, 7) is 2.20. The Hall–Kier alpha value is -1.98. The van der Waals surface area contributed by atoms with E-state index in [1.807, 2.05) is 12.1 Å². The van der Waals surface area contributed by atoms with Gasteiger partial charge in [-0.1, -0.05) is 23.2 Å². The summed E-state index contributed by atoms with van der Waals surface area (Å²) < 4.78 is 5.55. The zero-order chi connectivity index (χ0) is 17.6. The Balaban J connectivity index is 1.53. The highest BCUT2D eigenvalue weighted by Crippen LogP contribution is 2.27. The van der Waals surface area contributed by atoms with Crippen molar-refractivity contribution in [3.8, 4) is 5.75 Å². The minimum absolute atomic E-state index is 0.117. The fourth-order valence-corrected chi connectivity index (χ4v) is 3.00. The molecule has 1 aliphatic heterocycles. The van der Waals surface area contributed by atoms with Crippen LogP contribution in [0.2, 0.25) is 10.0 Å². The number of hydrogen-bond acceptors (Lipinski definition) is 4. The van der Waals surface area contributed by atoms with Gasteiger partial charge in [0.15, 0.2) is 5.82 Å². The molecule has 7 heteroatoms. The van der Waals surface area contributed by atoms with Gasteiger partial charge in [-0.25, -0.2) is 4.98 Å². The van der Waals surface area contributed by atoms with Crippen LogP contribution in [-0.4, -0.2) is 30.6 Å². The highest BCUT2D eigenvalue weighted by Gasteiger charge is 2.17. The molecule has 1 saturated heterocycles. The van der Waals surface area contributed by atoms with Crippen molar-refractivity contribution in [3.05, 3.63) is 46.6 Å². The maximum atomic E-state index is 12.2. The fraction of sp³-hybridized carbons (Fsp3) is 0.333. The van der Waals surface area contributed by atoms with E-state index in [4.69, 9.17) is 27.9 Å². The number of ether oxygens (including phenoxy) is 1. The molecule has 132 valence electrons. The van der Waals surface area contributed by atoms with Crippen molar-refractivity contribution in [1.82, 2.24) is 4.98 Å². The molecule has 25 heavy (non-hydrogen) atoms. The van der Waals surface area contributed by atoms with Crippen LogP contribution in [-0.2, 0) is 4.79 Å². The Morgan fingerprint density at radius 1 is 1.20 bits per heavy atom. The van der Waals surface area contributed by atoms with Gasteiger partial charge in [-0.2, -0.15) is 0 Å². The van der Waals surface area contributed by atoms with Crippen molar-refractivity contribution < 1.29 is 9.53 Å². The molecule has 2 aromatic rings. The number of carbonyl (C=O) groups excluding carboxylic acids is 1. The van der Waals surface area contributed by atoms with E-state index in [0.717, 1.165) is 37.4 Å². The molecule has 2 heterocycles. The molecule has 1 amide bonds. The first-order valence-corrected chi connectivity index (χ1v) is 8.97. The number of amides is 1. The van der Waals surface area contributed by atoms with Gasteiger partial charge in [0.05, 0.1) is 28.8 Å². The second kappa shape index (κ2) is 8.41. The average molecular weight is 380 g/mol. The number of carbonyl (C=O) groups is 1. The first kappa shape index (κ1) is 17.8. The van der Waals surface area contributed by atoms with E-state index in [9.17, 15) is 4.79 Å². The second-order valence-corrected chi connectivity index (χ2v) is 6.61. The normalized spacial score (nSPS) is 13.8. The zero-order valence-electron chi connectivity index (χ0n) is 13.7. The van der Waals surface area contributed by atoms with E-state index in [1.165, 1.54) is 0 Å². The Kier molecular flexibility index (Phi) is 6.00. The standard InChI is InChI=1S/C18H19Cl2N3O2/c19-14-6-5-13(12-15(14)20)25-11-7-17(24)22-16-4-3-8-21-18(16)23-9-1-2-10-23/h3-6,8,12H,1-2,7,9-11H2,(H,22,24). The average Bonchev–Trinajstić information content (AvgIpc) is 3.13. The number of nitrogens with zero attached hydrogens (tertiary/aromatic N) is 2. The quantitative estimate of drug-likeness (QED) is 0.807. The van der Waals surface area contributed by atoms with Crippen LogP contribution in [0.3, 0.4) is 0 Å². The largest absolute Gasteiger partial charge is 0.493 e. The van der Waals surface area contributed by atoms with Gasteiger partial charge in [0.25, 0.3) is 0 Å². The van der Waals surface area contributed by atoms with E-state index >= 15 is 0 Å². The van der Waals surface area contributed by atoms with Crippen LogP contribution in [0.15, 0.2) is 36.5 Å². The van der Waals surface area contributed by atoms with E-state index < -0.39 is 0 Å². The summed E-state index contributed by atoms with van der Waals surface area (Å²) in [5.74, 6) is 1.30. The Labute approximate surface area is 156 Å². The molecule has 0 unspecified atom stereocenters. The SMILES string of the molecule is O=C(CCOc1ccc(Cl)c(Cl)c1)Nc1cccnc1N1CCCC1. The smallest absolute Gasteiger partial charge is 0.227 e. The number of benzene rings is 1. The van der Waals surface area contributed by atoms with Gasteiger partial charge in [-0.05, 0) is 37.1 Å². The highest BCUT2D eigenvalue weighted by atomic mass is 35.5. The third-order valence-electron chi connectivity index (χ3n) is 3.96. The maximum Gasteiger partial charge on any atom is 0.227 e. The van der Waals surface area contributed by atoms with E-state index in [2.05, 4.69) is 15.2 Å². The Morgan fingerprint density at radius 2 is 2.00 bits per heavy atom. The molecule has 0 atom stereocenters. The summed E-state index contributed by atoms with van der Waals surface area (Å²) in [4.78, 5) is 18.8. The van der Waals surface area contributed by atoms with Gasteiger partial charge in [0.2, 0.25) is 5.91 Å². The second-order valence-electron chi connectivity index (χ2n) is 5.79. The zero-order valence-corrected chi connectivity index (χ0v) is 15.2. The molecule has 1 aromatic heterocycles. The summed E-state index contributed by atoms with van der Waals surface area (Å²) in [5.41, 5.74) is 0.740. The van der Waals surface area contributed by atoms with Gasteiger partial charge >= 0.3 is 0 Å². The topological polar surface area (TPSA) is 54.5 Å². The number of pyridine rings is 1. The molecule has 0 aliphatic carbocycles. The lowest BCUT2D eigenvalue weighted by Gasteiger charge is -2.20. The summed E-state index contributed by atoms with van der Waals surface area (Å²) in [6.07, 6.45) is 4.29. The summed E-state index contributed by atoms with van der Waals surface area (Å²) in [5, 5.41) is 3.82. The summed E-state index contributed by atoms with van der Waals surface area (Å²) >= 11 is 11.8. The molecule has 0 bridgehead atoms. The monoisotopic (exact) mass is 379 g/mol. The lowest BCUT2D eigenvalue weighted by molar-refractivity contribution is -0.116. The molecule has 0 radical (unpaired) electrons. The molecular weight excluding hydrogens is 361 g/mol. The minimum Gasteiger partial charge on any atom is -0.493 e. The molecule has 0 saturated carbocycles. The van der Waals surface area contributed by atoms with Crippen molar-refractivity contribution in [2.75, 3.05) is 29.9 Å². The number of hydrogen-bond donors (Lipinski definition) is 1. The lowest BCUT2D eigenvalue weighted by atomic mass is 10.3. The van der Waals surface area contributed by atoms with Crippen LogP contribution in [0.1, 0.15) is 19.3 Å². The van der Waals surface area contributed by atoms with Crippen molar-refractivity contribution >= 4 is 40.6 Å². The Morgan fingerprint density at radius 3 is 2.76 bits per heavy atom. The molecular formula is C18H19Cl2N3O2. The van der Waals surface area contributed by atoms with E-state index in [-0.39, 0.29) is 18.9 Å². The molecule has 1 aromatic carbocycles. The number of nitrogens with one attached hydrogen (secondary N) is 1. The minimum atomic E-state index is -0.117. The number of halogens is 2. The van der Waals surface area contributed by atoms with Gasteiger partial charge in [0, 0.05) is 25.4 Å². The lowest BCUT2D eigenvalue weighted by Crippen LogP contribution is -2.22. The molecule has 5 nitrogen and oxygen atoms in total. The first-order valence-electron chi connectivity index (χ1n) is 8.21. The molecule has 1 aliphatic rings. The van der Waals surface area contributed by atoms with Crippen LogP contribution >= 0.6 is 23.2 Å². The number of rotatable bonds is 6. The molecule has 1 N–H and O–H groups in total. The summed E-state index contributed by atoms with van der Waals surface area (Å²) in [6, 6.07) is 8.71. The fourth-order valence-electron chi connectivity index (χ4n) is 2.72. The van der Waals surface area contributed by atoms with Crippen LogP contribution in [0.5, 0.6) is 5.75 Å². The van der Waals surface area contributed by atoms with E-state index in [1.54, 1.807) is 24.4 Å². The van der Waals surface area contributed by atoms with Gasteiger partial charge in [0.1, 0.15) is 5.75 Å². The molecule has 3 rings (SSSR count). The van der Waals surface area contributed by atoms with Crippen LogP contribution < -0.4 is 15.0 Å². The number of aromatic nitrogens is 1. The summed E-state index contributed by atoms with van der Waals surface area (Å²) in [7, 11) is 0.